The highest BCUT2D eigenvalue weighted by Crippen LogP contribution is 2.20. The number of hydrogen-bond donors (Lipinski definition) is 5. The molecule has 6 N–H and O–H groups in total. The van der Waals surface area contributed by atoms with Crippen molar-refractivity contribution >= 4 is 38.5 Å². The van der Waals surface area contributed by atoms with E-state index in [1.165, 1.54) is 12.1 Å². The molecule has 0 radical (unpaired) electrons. The van der Waals surface area contributed by atoms with E-state index in [0.717, 1.165) is 18.5 Å². The molecule has 3 aromatic rings. The van der Waals surface area contributed by atoms with Gasteiger partial charge in [0.2, 0.25) is 15.9 Å². The lowest BCUT2D eigenvalue weighted by molar-refractivity contribution is -0.139. The number of amidine groups is 1. The number of sulfonamides is 1. The van der Waals surface area contributed by atoms with Gasteiger partial charge in [0.1, 0.15) is 11.9 Å². The van der Waals surface area contributed by atoms with Crippen LogP contribution >= 0.6 is 0 Å². The van der Waals surface area contributed by atoms with E-state index in [1.54, 1.807) is 41.3 Å². The fraction of sp³-hybridized carbons (Fsp3) is 0.269. The molecular formula is C26H29N5O5S. The molecular weight excluding hydrogens is 494 g/mol. The molecule has 10 nitrogen and oxygen atoms in total. The number of carbonyl (C=O) groups is 2. The highest BCUT2D eigenvalue weighted by molar-refractivity contribution is 7.89. The monoisotopic (exact) mass is 523 g/mol. The van der Waals surface area contributed by atoms with Crippen LogP contribution in [0, 0.1) is 5.41 Å². The summed E-state index contributed by atoms with van der Waals surface area (Å²) in [6, 6.07) is 15.2. The van der Waals surface area contributed by atoms with Gasteiger partial charge in [0, 0.05) is 31.7 Å². The maximum Gasteiger partial charge on any atom is 0.322 e. The number of amides is 1. The molecule has 1 fully saturated rings. The summed E-state index contributed by atoms with van der Waals surface area (Å²) < 4.78 is 28.3. The van der Waals surface area contributed by atoms with E-state index in [0.29, 0.717) is 35.2 Å². The predicted molar refractivity (Wildman–Crippen MR) is 140 cm³/mol. The molecule has 0 unspecified atom stereocenters. The molecule has 11 heteroatoms. The van der Waals surface area contributed by atoms with Gasteiger partial charge in [-0.3, -0.25) is 15.0 Å². The van der Waals surface area contributed by atoms with E-state index in [4.69, 9.17) is 11.1 Å². The maximum atomic E-state index is 13.0. The number of piperazine rings is 1. The number of carbonyl (C=O) groups excluding carboxylic acids is 1. The minimum Gasteiger partial charge on any atom is -0.480 e. The SMILES string of the molecule is N=C(N)c1cc(C[C@H](NS(=O)(=O)c2ccc3ccccc3c2)C(=O)O)ccc1CC(=O)N1CCNCC1. The summed E-state index contributed by atoms with van der Waals surface area (Å²) in [6.07, 6.45) is -0.111. The van der Waals surface area contributed by atoms with E-state index >= 15 is 0 Å². The highest BCUT2D eigenvalue weighted by atomic mass is 32.2. The molecule has 0 bridgehead atoms. The first-order chi connectivity index (χ1) is 17.6. The minimum atomic E-state index is -4.13. The summed E-state index contributed by atoms with van der Waals surface area (Å²) in [4.78, 5) is 26.4. The van der Waals surface area contributed by atoms with Gasteiger partial charge in [0.05, 0.1) is 11.3 Å². The van der Waals surface area contributed by atoms with Crippen molar-refractivity contribution < 1.29 is 23.1 Å². The van der Waals surface area contributed by atoms with E-state index in [9.17, 15) is 23.1 Å². The number of nitrogens with one attached hydrogen (secondary N) is 3. The van der Waals surface area contributed by atoms with Crippen molar-refractivity contribution in [1.29, 1.82) is 5.41 Å². The van der Waals surface area contributed by atoms with Crippen molar-refractivity contribution in [3.63, 3.8) is 0 Å². The third-order valence-corrected chi connectivity index (χ3v) is 7.81. The first kappa shape index (κ1) is 26.3. The molecule has 4 rings (SSSR count). The fourth-order valence-electron chi connectivity index (χ4n) is 4.35. The Labute approximate surface area is 215 Å². The third kappa shape index (κ3) is 6.31. The number of benzene rings is 3. The lowest BCUT2D eigenvalue weighted by Crippen LogP contribution is -2.47. The van der Waals surface area contributed by atoms with Gasteiger partial charge in [-0.15, -0.1) is 0 Å². The Kier molecular flexibility index (Phi) is 7.86. The summed E-state index contributed by atoms with van der Waals surface area (Å²) in [6.45, 7) is 2.64. The van der Waals surface area contributed by atoms with Crippen LogP contribution in [0.3, 0.4) is 0 Å². The van der Waals surface area contributed by atoms with Gasteiger partial charge in [-0.25, -0.2) is 8.42 Å². The number of nitrogens with two attached hydrogens (primary N) is 1. The largest absolute Gasteiger partial charge is 0.480 e. The molecule has 3 aromatic carbocycles. The second kappa shape index (κ2) is 11.1. The molecule has 194 valence electrons. The Morgan fingerprint density at radius 1 is 1.05 bits per heavy atom. The zero-order chi connectivity index (χ0) is 26.6. The van der Waals surface area contributed by atoms with Crippen molar-refractivity contribution in [2.45, 2.75) is 23.8 Å². The van der Waals surface area contributed by atoms with Crippen LogP contribution < -0.4 is 15.8 Å². The van der Waals surface area contributed by atoms with Gasteiger partial charge in [0.25, 0.3) is 0 Å². The molecule has 1 aliphatic rings. The normalized spacial score (nSPS) is 14.9. The van der Waals surface area contributed by atoms with E-state index in [2.05, 4.69) is 10.0 Å². The molecule has 0 spiro atoms. The molecule has 1 heterocycles. The van der Waals surface area contributed by atoms with Gasteiger partial charge in [-0.2, -0.15) is 4.72 Å². The molecule has 37 heavy (non-hydrogen) atoms. The van der Waals surface area contributed by atoms with Crippen LogP contribution in [0.25, 0.3) is 10.8 Å². The fourth-order valence-corrected chi connectivity index (χ4v) is 5.57. The quantitative estimate of drug-likeness (QED) is 0.207. The molecule has 1 amide bonds. The molecule has 1 aliphatic heterocycles. The zero-order valence-corrected chi connectivity index (χ0v) is 20.9. The number of fused-ring (bicyclic) bond motifs is 1. The number of nitrogen functional groups attached to an aromatic ring is 1. The van der Waals surface area contributed by atoms with E-state index in [-0.39, 0.29) is 29.5 Å². The molecule has 0 aliphatic carbocycles. The Balaban J connectivity index is 1.53. The lowest BCUT2D eigenvalue weighted by Gasteiger charge is -2.27. The van der Waals surface area contributed by atoms with Gasteiger partial charge < -0.3 is 21.1 Å². The highest BCUT2D eigenvalue weighted by Gasteiger charge is 2.27. The van der Waals surface area contributed by atoms with Crippen molar-refractivity contribution in [1.82, 2.24) is 14.9 Å². The topological polar surface area (TPSA) is 166 Å². The summed E-state index contributed by atoms with van der Waals surface area (Å²) in [5.74, 6) is -1.68. The van der Waals surface area contributed by atoms with Crippen LogP contribution in [0.15, 0.2) is 65.6 Å². The molecule has 0 aromatic heterocycles. The number of rotatable bonds is 9. The average Bonchev–Trinajstić information content (AvgIpc) is 2.89. The van der Waals surface area contributed by atoms with Gasteiger partial charge in [-0.05, 0) is 46.5 Å². The Morgan fingerprint density at radius 3 is 2.43 bits per heavy atom. The second-order valence-corrected chi connectivity index (χ2v) is 10.7. The molecule has 1 saturated heterocycles. The Morgan fingerprint density at radius 2 is 1.76 bits per heavy atom. The average molecular weight is 524 g/mol. The summed E-state index contributed by atoms with van der Waals surface area (Å²) >= 11 is 0. The maximum absolute atomic E-state index is 13.0. The second-order valence-electron chi connectivity index (χ2n) is 8.94. The minimum absolute atomic E-state index is 0.0383. The standard InChI is InChI=1S/C26H29N5O5S/c27-25(28)22-13-17(5-6-20(22)16-24(32)31-11-9-29-10-12-31)14-23(26(33)34)30-37(35,36)21-8-7-18-3-1-2-4-19(18)15-21/h1-8,13,15,23,29-30H,9-12,14,16H2,(H3,27,28)(H,33,34)/t23-/m0/s1. The van der Waals surface area contributed by atoms with Crippen LogP contribution in [0.1, 0.15) is 16.7 Å². The molecule has 1 atom stereocenters. The number of carboxylic acids is 1. The first-order valence-corrected chi connectivity index (χ1v) is 13.3. The van der Waals surface area contributed by atoms with Crippen LogP contribution in [0.5, 0.6) is 0 Å². The van der Waals surface area contributed by atoms with E-state index in [1.807, 2.05) is 12.1 Å². The third-order valence-electron chi connectivity index (χ3n) is 6.34. The van der Waals surface area contributed by atoms with Gasteiger partial charge >= 0.3 is 5.97 Å². The number of carboxylic acid groups (broad SMARTS) is 1. The Bertz CT molecular complexity index is 1450. The summed E-state index contributed by atoms with van der Waals surface area (Å²) in [5, 5.41) is 22.5. The summed E-state index contributed by atoms with van der Waals surface area (Å²) in [7, 11) is -4.13. The number of nitrogens with zero attached hydrogens (tertiary/aromatic N) is 1. The Hall–Kier alpha value is -3.80. The zero-order valence-electron chi connectivity index (χ0n) is 20.1. The molecule has 0 saturated carbocycles. The smallest absolute Gasteiger partial charge is 0.322 e. The van der Waals surface area contributed by atoms with Crippen molar-refractivity contribution in [3.8, 4) is 0 Å². The van der Waals surface area contributed by atoms with Crippen molar-refractivity contribution in [3.05, 3.63) is 77.4 Å². The lowest BCUT2D eigenvalue weighted by atomic mass is 9.97. The van der Waals surface area contributed by atoms with Crippen LogP contribution in [-0.2, 0) is 32.5 Å². The number of hydrogen-bond acceptors (Lipinski definition) is 6. The number of aliphatic carboxylic acids is 1. The van der Waals surface area contributed by atoms with Crippen LogP contribution in [0.4, 0.5) is 0 Å². The van der Waals surface area contributed by atoms with Crippen LogP contribution in [-0.4, -0.2) is 68.4 Å². The first-order valence-electron chi connectivity index (χ1n) is 11.8. The van der Waals surface area contributed by atoms with Crippen molar-refractivity contribution in [2.75, 3.05) is 26.2 Å². The van der Waals surface area contributed by atoms with E-state index < -0.39 is 22.0 Å². The van der Waals surface area contributed by atoms with Crippen LogP contribution in [0.2, 0.25) is 0 Å². The predicted octanol–water partition coefficient (Wildman–Crippen LogP) is 1.07. The van der Waals surface area contributed by atoms with Crippen molar-refractivity contribution in [2.24, 2.45) is 5.73 Å². The summed E-state index contributed by atoms with van der Waals surface area (Å²) in [5.41, 5.74) is 7.12. The van der Waals surface area contributed by atoms with Gasteiger partial charge in [0.15, 0.2) is 0 Å². The van der Waals surface area contributed by atoms with Gasteiger partial charge in [-0.1, -0.05) is 42.5 Å².